The van der Waals surface area contributed by atoms with Crippen LogP contribution in [-0.2, 0) is 6.54 Å². The van der Waals surface area contributed by atoms with Gasteiger partial charge in [-0.1, -0.05) is 35.9 Å². The highest BCUT2D eigenvalue weighted by molar-refractivity contribution is 6.31. The molecule has 0 atom stereocenters. The Balaban J connectivity index is 1.71. The summed E-state index contributed by atoms with van der Waals surface area (Å²) in [6, 6.07) is 13.2. The molecule has 116 valence electrons. The SMILES string of the molecule is O=C(Nc1cccc(F)c1)c1cnn(Cc2ccccc2Cl)c1. The quantitative estimate of drug-likeness (QED) is 0.787. The summed E-state index contributed by atoms with van der Waals surface area (Å²) < 4.78 is 14.8. The zero-order valence-corrected chi connectivity index (χ0v) is 12.8. The molecule has 3 aromatic rings. The maximum Gasteiger partial charge on any atom is 0.258 e. The van der Waals surface area contributed by atoms with Crippen LogP contribution in [0.25, 0.3) is 0 Å². The number of aromatic nitrogens is 2. The third kappa shape index (κ3) is 3.76. The van der Waals surface area contributed by atoms with E-state index in [1.807, 2.05) is 18.2 Å². The minimum atomic E-state index is -0.405. The molecule has 0 fully saturated rings. The molecule has 6 heteroatoms. The summed E-state index contributed by atoms with van der Waals surface area (Å²) in [5, 5.41) is 7.43. The summed E-state index contributed by atoms with van der Waals surface area (Å²) in [6.07, 6.45) is 3.09. The van der Waals surface area contributed by atoms with Crippen LogP contribution in [0, 0.1) is 5.82 Å². The number of hydrogen-bond acceptors (Lipinski definition) is 2. The van der Waals surface area contributed by atoms with E-state index in [2.05, 4.69) is 10.4 Å². The predicted octanol–water partition coefficient (Wildman–Crippen LogP) is 3.98. The molecular weight excluding hydrogens is 317 g/mol. The van der Waals surface area contributed by atoms with Crippen molar-refractivity contribution in [1.29, 1.82) is 0 Å². The number of amides is 1. The van der Waals surface area contributed by atoms with E-state index < -0.39 is 5.82 Å². The standard InChI is InChI=1S/C17H13ClFN3O/c18-16-7-2-1-4-12(16)10-22-11-13(9-20-22)17(23)21-15-6-3-5-14(19)8-15/h1-9,11H,10H2,(H,21,23). The maximum absolute atomic E-state index is 13.1. The lowest BCUT2D eigenvalue weighted by atomic mass is 10.2. The van der Waals surface area contributed by atoms with Gasteiger partial charge >= 0.3 is 0 Å². The number of halogens is 2. The summed E-state index contributed by atoms with van der Waals surface area (Å²) in [5.41, 5.74) is 1.70. The summed E-state index contributed by atoms with van der Waals surface area (Å²) in [4.78, 5) is 12.1. The lowest BCUT2D eigenvalue weighted by Gasteiger charge is -2.04. The molecule has 1 heterocycles. The van der Waals surface area contributed by atoms with E-state index in [1.54, 1.807) is 23.0 Å². The van der Waals surface area contributed by atoms with E-state index in [4.69, 9.17) is 11.6 Å². The maximum atomic E-state index is 13.1. The molecule has 1 N–H and O–H groups in total. The van der Waals surface area contributed by atoms with Gasteiger partial charge in [0.05, 0.1) is 18.3 Å². The molecule has 3 rings (SSSR count). The van der Waals surface area contributed by atoms with Crippen LogP contribution in [0.3, 0.4) is 0 Å². The Morgan fingerprint density at radius 1 is 1.22 bits per heavy atom. The molecule has 2 aromatic carbocycles. The average Bonchev–Trinajstić information content (AvgIpc) is 2.98. The zero-order valence-electron chi connectivity index (χ0n) is 12.0. The second-order valence-corrected chi connectivity index (χ2v) is 5.39. The molecule has 0 saturated heterocycles. The molecule has 0 aliphatic rings. The lowest BCUT2D eigenvalue weighted by molar-refractivity contribution is 0.102. The van der Waals surface area contributed by atoms with Crippen molar-refractivity contribution in [3.8, 4) is 0 Å². The van der Waals surface area contributed by atoms with Crippen molar-refractivity contribution in [2.45, 2.75) is 6.54 Å². The van der Waals surface area contributed by atoms with Crippen LogP contribution in [0.15, 0.2) is 60.9 Å². The minimum Gasteiger partial charge on any atom is -0.322 e. The van der Waals surface area contributed by atoms with Crippen molar-refractivity contribution in [1.82, 2.24) is 9.78 Å². The second-order valence-electron chi connectivity index (χ2n) is 4.98. The fraction of sp³-hybridized carbons (Fsp3) is 0.0588. The highest BCUT2D eigenvalue weighted by Gasteiger charge is 2.10. The van der Waals surface area contributed by atoms with Gasteiger partial charge in [-0.25, -0.2) is 4.39 Å². The normalized spacial score (nSPS) is 10.5. The van der Waals surface area contributed by atoms with Crippen LogP contribution < -0.4 is 5.32 Å². The van der Waals surface area contributed by atoms with Gasteiger partial charge in [0.25, 0.3) is 5.91 Å². The van der Waals surface area contributed by atoms with Gasteiger partial charge in [0.1, 0.15) is 5.82 Å². The molecule has 4 nitrogen and oxygen atoms in total. The van der Waals surface area contributed by atoms with E-state index in [-0.39, 0.29) is 5.91 Å². The Kier molecular flexibility index (Phi) is 4.39. The van der Waals surface area contributed by atoms with Crippen molar-refractivity contribution in [3.05, 3.63) is 82.9 Å². The minimum absolute atomic E-state index is 0.346. The smallest absolute Gasteiger partial charge is 0.258 e. The Hall–Kier alpha value is -2.66. The summed E-state index contributed by atoms with van der Waals surface area (Å²) >= 11 is 6.11. The highest BCUT2D eigenvalue weighted by atomic mass is 35.5. The van der Waals surface area contributed by atoms with Crippen molar-refractivity contribution in [2.75, 3.05) is 5.32 Å². The van der Waals surface area contributed by atoms with Gasteiger partial charge in [0.2, 0.25) is 0 Å². The fourth-order valence-electron chi connectivity index (χ4n) is 2.14. The Morgan fingerprint density at radius 3 is 2.83 bits per heavy atom. The summed E-state index contributed by atoms with van der Waals surface area (Å²) in [5.74, 6) is -0.752. The fourth-order valence-corrected chi connectivity index (χ4v) is 2.33. The predicted molar refractivity (Wildman–Crippen MR) is 87.1 cm³/mol. The number of carbonyl (C=O) groups is 1. The summed E-state index contributed by atoms with van der Waals surface area (Å²) in [7, 11) is 0. The number of hydrogen-bond donors (Lipinski definition) is 1. The van der Waals surface area contributed by atoms with Crippen LogP contribution in [-0.4, -0.2) is 15.7 Å². The van der Waals surface area contributed by atoms with Crippen molar-refractivity contribution in [3.63, 3.8) is 0 Å². The molecule has 23 heavy (non-hydrogen) atoms. The lowest BCUT2D eigenvalue weighted by Crippen LogP contribution is -2.11. The van der Waals surface area contributed by atoms with Gasteiger partial charge < -0.3 is 5.32 Å². The molecule has 0 radical (unpaired) electrons. The van der Waals surface area contributed by atoms with Crippen LogP contribution in [0.1, 0.15) is 15.9 Å². The van der Waals surface area contributed by atoms with E-state index in [1.165, 1.54) is 24.4 Å². The molecule has 0 aliphatic heterocycles. The molecular formula is C17H13ClFN3O. The van der Waals surface area contributed by atoms with Gasteiger partial charge in [0.15, 0.2) is 0 Å². The van der Waals surface area contributed by atoms with Gasteiger partial charge in [-0.05, 0) is 29.8 Å². The molecule has 0 bridgehead atoms. The molecule has 0 saturated carbocycles. The Bertz CT molecular complexity index is 847. The van der Waals surface area contributed by atoms with Crippen molar-refractivity contribution in [2.24, 2.45) is 0 Å². The number of carbonyl (C=O) groups excluding carboxylic acids is 1. The van der Waals surface area contributed by atoms with Crippen LogP contribution in [0.2, 0.25) is 5.02 Å². The highest BCUT2D eigenvalue weighted by Crippen LogP contribution is 2.16. The molecule has 0 unspecified atom stereocenters. The van der Waals surface area contributed by atoms with Gasteiger partial charge in [-0.2, -0.15) is 5.10 Å². The topological polar surface area (TPSA) is 46.9 Å². The number of benzene rings is 2. The number of nitrogens with one attached hydrogen (secondary N) is 1. The third-order valence-electron chi connectivity index (χ3n) is 3.27. The van der Waals surface area contributed by atoms with E-state index in [9.17, 15) is 9.18 Å². The number of anilines is 1. The first-order valence-corrected chi connectivity index (χ1v) is 7.32. The molecule has 0 spiro atoms. The van der Waals surface area contributed by atoms with Gasteiger partial charge in [0, 0.05) is 16.9 Å². The number of nitrogens with zero attached hydrogens (tertiary/aromatic N) is 2. The Labute approximate surface area is 137 Å². The molecule has 0 aliphatic carbocycles. The average molecular weight is 330 g/mol. The molecule has 1 aromatic heterocycles. The van der Waals surface area contributed by atoms with Crippen molar-refractivity contribution < 1.29 is 9.18 Å². The van der Waals surface area contributed by atoms with E-state index in [0.717, 1.165) is 5.56 Å². The monoisotopic (exact) mass is 329 g/mol. The van der Waals surface area contributed by atoms with Gasteiger partial charge in [-0.15, -0.1) is 0 Å². The number of rotatable bonds is 4. The zero-order chi connectivity index (χ0) is 16.2. The first-order valence-electron chi connectivity index (χ1n) is 6.94. The first kappa shape index (κ1) is 15.2. The van der Waals surface area contributed by atoms with E-state index in [0.29, 0.717) is 22.8 Å². The van der Waals surface area contributed by atoms with Crippen molar-refractivity contribution >= 4 is 23.2 Å². The van der Waals surface area contributed by atoms with Gasteiger partial charge in [-0.3, -0.25) is 9.48 Å². The first-order chi connectivity index (χ1) is 11.1. The van der Waals surface area contributed by atoms with Crippen LogP contribution in [0.4, 0.5) is 10.1 Å². The summed E-state index contributed by atoms with van der Waals surface area (Å²) in [6.45, 7) is 0.465. The Morgan fingerprint density at radius 2 is 2.04 bits per heavy atom. The van der Waals surface area contributed by atoms with Crippen LogP contribution in [0.5, 0.6) is 0 Å². The van der Waals surface area contributed by atoms with E-state index >= 15 is 0 Å². The third-order valence-corrected chi connectivity index (χ3v) is 3.64. The van der Waals surface area contributed by atoms with Crippen LogP contribution >= 0.6 is 11.6 Å². The second kappa shape index (κ2) is 6.62. The largest absolute Gasteiger partial charge is 0.322 e. The molecule has 1 amide bonds.